The molecule has 12 rings (SSSR count). The van der Waals surface area contributed by atoms with Gasteiger partial charge < -0.3 is 65.0 Å². The Morgan fingerprint density at radius 1 is 0.421 bits per heavy atom. The Morgan fingerprint density at radius 2 is 0.664 bits per heavy atom. The number of alkyl carbamates (subject to hydrolysis) is 4. The maximum Gasteiger partial charge on any atom is 0.426 e. The van der Waals surface area contributed by atoms with Gasteiger partial charge in [-0.1, -0.05) is 257 Å². The van der Waals surface area contributed by atoms with Crippen LogP contribution in [-0.4, -0.2) is 183 Å². The van der Waals surface area contributed by atoms with Crippen LogP contribution in [0.25, 0.3) is 44.5 Å². The number of ether oxygens (including phenoxy) is 7. The molecule has 36 heteroatoms. The molecule has 0 aliphatic heterocycles. The first-order valence-electron chi connectivity index (χ1n) is 46.6. The minimum Gasteiger partial charge on any atom is -0.480 e. The van der Waals surface area contributed by atoms with Gasteiger partial charge in [0, 0.05) is 74.1 Å². The molecule has 0 aromatic heterocycles. The third kappa shape index (κ3) is 39.2. The third-order valence-corrected chi connectivity index (χ3v) is 21.1. The minimum atomic E-state index is -1.05. The topological polar surface area (TPSA) is 487 Å². The number of nitrogens with two attached hydrogens (primary N) is 2. The predicted molar refractivity (Wildman–Crippen MR) is 540 cm³/mol. The number of carbonyl (C=O) groups excluding carboxylic acids is 11. The van der Waals surface area contributed by atoms with Crippen LogP contribution in [-0.2, 0) is 66.7 Å². The van der Waals surface area contributed by atoms with Gasteiger partial charge in [0.15, 0.2) is 0 Å². The van der Waals surface area contributed by atoms with E-state index < -0.39 is 95.9 Å². The first kappa shape index (κ1) is 117. The molecule has 4 aliphatic rings. The molecule has 34 nitrogen and oxygen atoms in total. The maximum absolute atomic E-state index is 12.6. The number of carboxylic acid groups (broad SMARTS) is 1. The summed E-state index contributed by atoms with van der Waals surface area (Å²) in [5.41, 5.74) is 31.4. The summed E-state index contributed by atoms with van der Waals surface area (Å²) in [6.07, 6.45) is -0.878. The number of nitrogens with zero attached hydrogens (tertiary/aromatic N) is 2. The number of hydrazone groups is 2. The summed E-state index contributed by atoms with van der Waals surface area (Å²) in [4.78, 5) is 140. The number of rotatable bonds is 30. The van der Waals surface area contributed by atoms with E-state index in [0.29, 0.717) is 34.0 Å². The van der Waals surface area contributed by atoms with Crippen LogP contribution in [0.4, 0.5) is 24.0 Å². The molecular formula is C104H140BN14O20U. The fourth-order valence-corrected chi connectivity index (χ4v) is 15.1. The number of benzene rings is 8. The van der Waals surface area contributed by atoms with Crippen molar-refractivity contribution in [2.75, 3.05) is 46.7 Å². The molecule has 4 atom stereocenters. The van der Waals surface area contributed by atoms with Gasteiger partial charge >= 0.3 is 48.4 Å². The fraction of sp³-hybridized carbons (Fsp3) is 0.404. The summed E-state index contributed by atoms with van der Waals surface area (Å²) in [6.45, 7) is 34.2. The summed E-state index contributed by atoms with van der Waals surface area (Å²) < 4.78 is 47.5. The van der Waals surface area contributed by atoms with Gasteiger partial charge in [0.1, 0.15) is 62.4 Å². The van der Waals surface area contributed by atoms with Crippen molar-refractivity contribution in [3.63, 3.8) is 0 Å². The van der Waals surface area contributed by atoms with Crippen LogP contribution in [0.3, 0.4) is 0 Å². The van der Waals surface area contributed by atoms with Gasteiger partial charge in [-0.2, -0.15) is 10.2 Å². The molecule has 0 saturated carbocycles. The number of amides is 8. The number of nitrogens with one attached hydrogen (secondary N) is 10. The van der Waals surface area contributed by atoms with Gasteiger partial charge in [-0.15, -0.1) is 0 Å². The van der Waals surface area contributed by atoms with Gasteiger partial charge in [-0.25, -0.2) is 55.1 Å². The molecule has 0 fully saturated rings. The Labute approximate surface area is 850 Å². The van der Waals surface area contributed by atoms with E-state index in [4.69, 9.17) is 42.8 Å². The number of aldehydes is 1. The first-order valence-corrected chi connectivity index (χ1v) is 45.4. The Kier molecular flexibility index (Phi) is 51.3. The Morgan fingerprint density at radius 3 is 0.886 bits per heavy atom. The average Bonchev–Trinajstić information content (AvgIpc) is 1.63. The molecule has 0 saturated heterocycles. The second kappa shape index (κ2) is 61.2. The van der Waals surface area contributed by atoms with E-state index in [1.807, 2.05) is 210 Å². The van der Waals surface area contributed by atoms with Gasteiger partial charge in [0.05, 0.1) is 21.6 Å². The number of carboxylic acids is 1. The van der Waals surface area contributed by atoms with Crippen LogP contribution in [0.2, 0.25) is 0 Å². The van der Waals surface area contributed by atoms with E-state index in [2.05, 4.69) is 136 Å². The summed E-state index contributed by atoms with van der Waals surface area (Å²) in [7, 11) is 2.20. The molecule has 0 heterocycles. The molecule has 8 aromatic carbocycles. The Balaban J connectivity index is 0.000000456. The summed E-state index contributed by atoms with van der Waals surface area (Å²) in [5, 5.41) is 26.4. The van der Waals surface area contributed by atoms with Crippen molar-refractivity contribution in [3.05, 3.63) is 239 Å². The quantitative estimate of drug-likeness (QED) is 0.00229. The van der Waals surface area contributed by atoms with Crippen molar-refractivity contribution >= 4 is 93.7 Å². The molecule has 0 bridgehead atoms. The molecule has 8 amide bonds. The van der Waals surface area contributed by atoms with E-state index in [1.54, 1.807) is 41.7 Å². The summed E-state index contributed by atoms with van der Waals surface area (Å²) in [5.74, 6) is 6.63. The van der Waals surface area contributed by atoms with Gasteiger partial charge in [-0.05, 0) is 196 Å². The number of hydrazine groups is 3. The predicted octanol–water partition coefficient (Wildman–Crippen LogP) is 14.6. The van der Waals surface area contributed by atoms with Gasteiger partial charge in [0.25, 0.3) is 17.7 Å². The molecule has 8 aromatic rings. The van der Waals surface area contributed by atoms with Crippen molar-refractivity contribution in [1.82, 2.24) is 53.8 Å². The molecule has 0 unspecified atom stereocenters. The van der Waals surface area contributed by atoms with E-state index in [-0.39, 0.29) is 137 Å². The first-order chi connectivity index (χ1) is 66.6. The van der Waals surface area contributed by atoms with E-state index in [9.17, 15) is 62.6 Å². The van der Waals surface area contributed by atoms with Crippen LogP contribution in [0.15, 0.2) is 204 Å². The van der Waals surface area contributed by atoms with E-state index in [1.165, 1.54) is 11.1 Å². The molecule has 140 heavy (non-hydrogen) atoms. The zero-order valence-corrected chi connectivity index (χ0v) is 86.3. The molecule has 1 radical (unpaired) electrons. The van der Waals surface area contributed by atoms with Crippen LogP contribution in [0.5, 0.6) is 0 Å². The maximum atomic E-state index is 12.6. The molecular weight excluding hydrogens is 2010 g/mol. The van der Waals surface area contributed by atoms with E-state index in [0.717, 1.165) is 84.1 Å². The van der Waals surface area contributed by atoms with E-state index >= 15 is 0 Å². The van der Waals surface area contributed by atoms with Crippen LogP contribution in [0.1, 0.15) is 212 Å². The molecule has 15 N–H and O–H groups in total. The number of carbonyl (C=O) groups is 12. The van der Waals surface area contributed by atoms with Gasteiger partial charge in [0.2, 0.25) is 6.29 Å². The zero-order valence-electron chi connectivity index (χ0n) is 84.2. The monoisotopic (exact) mass is 2160 g/mol. The van der Waals surface area contributed by atoms with Crippen LogP contribution < -0.4 is 65.5 Å². The van der Waals surface area contributed by atoms with Crippen molar-refractivity contribution in [2.45, 2.75) is 203 Å². The Hall–Kier alpha value is -13.3. The normalized spacial score (nSPS) is 12.8. The number of aliphatic carboxylic acids is 1. The number of hydrogen-bond acceptors (Lipinski definition) is 25. The van der Waals surface area contributed by atoms with Crippen LogP contribution in [0, 0.1) is 54.8 Å². The third-order valence-electron chi connectivity index (χ3n) is 21.1. The van der Waals surface area contributed by atoms with Crippen LogP contribution >= 0.6 is 0 Å². The second-order valence-corrected chi connectivity index (χ2v) is 35.7. The average molecular weight is 2160 g/mol. The van der Waals surface area contributed by atoms with Gasteiger partial charge in [-0.3, -0.25) is 41.3 Å². The number of esters is 2. The molecule has 753 valence electrons. The standard InChI is InChI=1S/C26H33N3O5.C25H29N3O5.C21H25N3O3.C21H23NO4.C4H12N2.C4H6O3.C2H6N2.CH4.BH2.U/c1-16(2)14-22(23(30)28-29-25(32)34-26(3,4)5)27-24(31)33-15-21-19-12-8-6-10-17(19)18-11-7-9-13-20(18)21;1-4-32-23(29)14-26-28-24(30)22(13-16(2)3)27-25(31)33-15-21-19-11-7-5-9-17(19)18-10-6-8-12-20(18)21;1-13(2)11-19(20(25)24-22)23-21(26)27-12-18-16-9-5-3-7-14(16)15-8-4-6-10-17(15)18;1-13(2)11-19(20(23)24)22-21(25)26-12-18-16-9-5-3-7-14(16)15-8-4-6-10-17(15)18;1-4(2,3)6-5;1-2-7-4(6)3-5;1-3-4-2;;;/h6-13,16,21-22H,14-15H2,1-5H3,(H,27,31)(H,28,30)(H,29,32);5-12,14,16,21-22H,4,13,15H2,1-3H3,(H,27,31)(H,28,30);3-10,13,18-19H,11-12,22H2,1-2H3,(H,23,26)(H,24,25);3-10,13,18-19H,11-12H2,1-2H3,(H,22,25)(H,23,24);6H,5H2,1-3H3;3H,2H2,1H3;4H,1H2,2H3;1H4;1H2;/b;26-14+;;;;;;;;/t2*22-;2*19-;;;;;;/m0000....../s1/i;;;;;;;;1T2;. The van der Waals surface area contributed by atoms with Crippen molar-refractivity contribution in [3.8, 4) is 44.5 Å². The minimum absolute atomic E-state index is 0. The second-order valence-electron chi connectivity index (χ2n) is 35.7. The number of hydrogen-bond donors (Lipinski definition) is 13. The summed E-state index contributed by atoms with van der Waals surface area (Å²) >= 11 is 0. The zero-order chi connectivity index (χ0) is 104. The number of fused-ring (bicyclic) bond motifs is 12. The SMILES string of the molecule is C.C=NNC.CC(C)(C)NN.CC(C)C[C@H](NC(=O)OCC1c2ccccc2-c2ccccc21)C(=O)NN.CC(C)C[C@H](NC(=O)OCC1c2ccccc2-c2ccccc21)C(=O)NNC(=O)OC(C)(C)C.CC(C)C[C@H](NC(=O)OCC1c2ccccc2-c2ccccc21)C(=O)O.CCOC(=O)/C=N/NC(=O)[C@H](CC(C)C)NC(=O)OCC1c2ccccc2-c2ccccc21.CCOC(=O)C=O.[3H][B][3H].[U]. The van der Waals surface area contributed by atoms with Crippen molar-refractivity contribution < 1.29 is 127 Å². The molecule has 4 aliphatic carbocycles. The molecule has 0 spiro atoms. The Bertz CT molecular complexity index is 5250. The van der Waals surface area contributed by atoms with Crippen molar-refractivity contribution in [1.29, 1.82) is 2.67 Å². The van der Waals surface area contributed by atoms with Crippen molar-refractivity contribution in [2.24, 2.45) is 45.6 Å². The summed E-state index contributed by atoms with van der Waals surface area (Å²) in [6, 6.07) is 61.3. The smallest absolute Gasteiger partial charge is 0.426 e. The fourth-order valence-electron chi connectivity index (χ4n) is 15.1. The largest absolute Gasteiger partial charge is 0.480 e.